The van der Waals surface area contributed by atoms with Crippen molar-refractivity contribution >= 4 is 23.0 Å². The van der Waals surface area contributed by atoms with Crippen LogP contribution in [0.1, 0.15) is 32.3 Å². The van der Waals surface area contributed by atoms with Gasteiger partial charge in [0.25, 0.3) is 0 Å². The van der Waals surface area contributed by atoms with Gasteiger partial charge in [0.15, 0.2) is 18.4 Å². The molecule has 1 aliphatic heterocycles. The Morgan fingerprint density at radius 3 is 2.84 bits per heavy atom. The quantitative estimate of drug-likeness (QED) is 0.797. The first-order chi connectivity index (χ1) is 9.26. The molecule has 104 valence electrons. The Labute approximate surface area is 121 Å². The Hall–Kier alpha value is -1.13. The molecule has 1 fully saturated rings. The minimum absolute atomic E-state index is 0.862. The second kappa shape index (κ2) is 6.87. The van der Waals surface area contributed by atoms with Crippen molar-refractivity contribution in [1.29, 1.82) is 0 Å². The smallest absolute Gasteiger partial charge is 0.182 e. The maximum absolute atomic E-state index is 5.48. The lowest BCUT2D eigenvalue weighted by atomic mass is 10.1. The van der Waals surface area contributed by atoms with E-state index < -0.39 is 0 Å². The highest BCUT2D eigenvalue weighted by Crippen LogP contribution is 2.20. The third-order valence-corrected chi connectivity index (χ3v) is 4.03. The molecule has 1 aromatic rings. The normalized spacial score (nSPS) is 19.4. The summed E-state index contributed by atoms with van der Waals surface area (Å²) in [5, 5.41) is 4.22. The molecule has 0 spiro atoms. The maximum atomic E-state index is 5.48. The molecule has 0 bridgehead atoms. The lowest BCUT2D eigenvalue weighted by molar-refractivity contribution is -0.903. The van der Waals surface area contributed by atoms with Crippen molar-refractivity contribution in [2.45, 2.75) is 33.1 Å². The number of anilines is 1. The lowest BCUT2D eigenvalue weighted by Gasteiger charge is -2.36. The summed E-state index contributed by atoms with van der Waals surface area (Å²) < 4.78 is 0. The van der Waals surface area contributed by atoms with Gasteiger partial charge in [0.2, 0.25) is 0 Å². The van der Waals surface area contributed by atoms with E-state index in [9.17, 15) is 0 Å². The molecular weight excluding hydrogens is 254 g/mol. The van der Waals surface area contributed by atoms with Gasteiger partial charge in [-0.2, -0.15) is 0 Å². The molecule has 1 aliphatic rings. The summed E-state index contributed by atoms with van der Waals surface area (Å²) >= 11 is 5.48. The largest absolute Gasteiger partial charge is 0.315 e. The van der Waals surface area contributed by atoms with Crippen molar-refractivity contribution in [3.05, 3.63) is 29.8 Å². The first-order valence-electron chi connectivity index (χ1n) is 7.23. The Kier molecular flexibility index (Phi) is 5.16. The number of rotatable bonds is 5. The predicted octanol–water partition coefficient (Wildman–Crippen LogP) is 1.54. The number of thiocarbonyl (C=S) groups is 1. The summed E-state index contributed by atoms with van der Waals surface area (Å²) in [7, 11) is 0. The van der Waals surface area contributed by atoms with E-state index in [1.165, 1.54) is 30.6 Å². The van der Waals surface area contributed by atoms with Crippen LogP contribution >= 0.6 is 12.2 Å². The standard InChI is InChI=1S/C15H23N3S/c1-3-5-10-17-11-16-15(19)18(12-17)14-9-7-6-8-13(14)4-2/h6-9H,3-5,10-12H2,1-2H3,(H,16,19)/p+1. The first kappa shape index (κ1) is 14.3. The van der Waals surface area contributed by atoms with Gasteiger partial charge in [0, 0.05) is 0 Å². The van der Waals surface area contributed by atoms with Gasteiger partial charge in [-0.3, -0.25) is 4.90 Å². The molecule has 0 amide bonds. The molecule has 0 saturated carbocycles. The van der Waals surface area contributed by atoms with Crippen molar-refractivity contribution in [2.24, 2.45) is 0 Å². The molecule has 19 heavy (non-hydrogen) atoms. The summed E-state index contributed by atoms with van der Waals surface area (Å²) in [6.07, 6.45) is 3.56. The predicted molar refractivity (Wildman–Crippen MR) is 84.5 cm³/mol. The Balaban J connectivity index is 2.14. The molecule has 0 aromatic heterocycles. The number of para-hydroxylation sites is 1. The van der Waals surface area contributed by atoms with Crippen molar-refractivity contribution in [1.82, 2.24) is 5.32 Å². The van der Waals surface area contributed by atoms with Crippen LogP contribution in [0.25, 0.3) is 0 Å². The molecule has 1 atom stereocenters. The van der Waals surface area contributed by atoms with Crippen LogP contribution in [0.4, 0.5) is 5.69 Å². The zero-order valence-electron chi connectivity index (χ0n) is 11.9. The van der Waals surface area contributed by atoms with E-state index in [-0.39, 0.29) is 0 Å². The number of nitrogens with zero attached hydrogens (tertiary/aromatic N) is 1. The fourth-order valence-corrected chi connectivity index (χ4v) is 2.74. The summed E-state index contributed by atoms with van der Waals surface area (Å²) in [5.74, 6) is 0. The molecule has 1 saturated heterocycles. The lowest BCUT2D eigenvalue weighted by Crippen LogP contribution is -3.17. The number of nitrogens with one attached hydrogen (secondary N) is 2. The molecule has 1 heterocycles. The van der Waals surface area contributed by atoms with Gasteiger partial charge in [-0.1, -0.05) is 38.5 Å². The zero-order valence-corrected chi connectivity index (χ0v) is 12.7. The van der Waals surface area contributed by atoms with E-state index in [0.717, 1.165) is 24.9 Å². The summed E-state index contributed by atoms with van der Waals surface area (Å²) in [6, 6.07) is 8.57. The van der Waals surface area contributed by atoms with Crippen molar-refractivity contribution in [2.75, 3.05) is 24.8 Å². The molecule has 0 radical (unpaired) electrons. The SMILES string of the molecule is CCCC[NH+]1CNC(=S)N(c2ccccc2CC)C1. The van der Waals surface area contributed by atoms with E-state index in [1.54, 1.807) is 4.90 Å². The van der Waals surface area contributed by atoms with Crippen LogP contribution < -0.4 is 15.1 Å². The highest BCUT2D eigenvalue weighted by molar-refractivity contribution is 7.80. The number of benzene rings is 1. The van der Waals surface area contributed by atoms with Gasteiger partial charge in [-0.15, -0.1) is 0 Å². The Morgan fingerprint density at radius 1 is 1.32 bits per heavy atom. The average Bonchev–Trinajstić information content (AvgIpc) is 2.46. The van der Waals surface area contributed by atoms with E-state index in [1.807, 2.05) is 0 Å². The monoisotopic (exact) mass is 278 g/mol. The van der Waals surface area contributed by atoms with Crippen LogP contribution in [-0.4, -0.2) is 25.0 Å². The van der Waals surface area contributed by atoms with Crippen LogP contribution in [0, 0.1) is 0 Å². The van der Waals surface area contributed by atoms with Crippen LogP contribution in [0.3, 0.4) is 0 Å². The summed E-state index contributed by atoms with van der Waals surface area (Å²) in [6.45, 7) is 7.57. The molecule has 4 heteroatoms. The summed E-state index contributed by atoms with van der Waals surface area (Å²) in [5.41, 5.74) is 2.62. The highest BCUT2D eigenvalue weighted by Gasteiger charge is 2.25. The number of hydrogen-bond donors (Lipinski definition) is 2. The van der Waals surface area contributed by atoms with Gasteiger partial charge in [-0.25, -0.2) is 0 Å². The third kappa shape index (κ3) is 3.45. The molecule has 1 aromatic carbocycles. The fourth-order valence-electron chi connectivity index (χ4n) is 2.51. The van der Waals surface area contributed by atoms with Crippen molar-refractivity contribution < 1.29 is 4.90 Å². The first-order valence-corrected chi connectivity index (χ1v) is 7.64. The third-order valence-electron chi connectivity index (χ3n) is 3.66. The topological polar surface area (TPSA) is 19.7 Å². The van der Waals surface area contributed by atoms with E-state index in [2.05, 4.69) is 48.3 Å². The van der Waals surface area contributed by atoms with Crippen LogP contribution in [-0.2, 0) is 6.42 Å². The van der Waals surface area contributed by atoms with Crippen molar-refractivity contribution in [3.63, 3.8) is 0 Å². The van der Waals surface area contributed by atoms with Crippen LogP contribution in [0.5, 0.6) is 0 Å². The molecule has 1 unspecified atom stereocenters. The minimum Gasteiger partial charge on any atom is -0.315 e. The van der Waals surface area contributed by atoms with Crippen LogP contribution in [0.15, 0.2) is 24.3 Å². The number of aryl methyl sites for hydroxylation is 1. The van der Waals surface area contributed by atoms with Gasteiger partial charge in [0.05, 0.1) is 12.2 Å². The molecule has 2 N–H and O–H groups in total. The maximum Gasteiger partial charge on any atom is 0.182 e. The number of hydrogen-bond acceptors (Lipinski definition) is 1. The fraction of sp³-hybridized carbons (Fsp3) is 0.533. The highest BCUT2D eigenvalue weighted by atomic mass is 32.1. The summed E-state index contributed by atoms with van der Waals surface area (Å²) in [4.78, 5) is 3.81. The molecule has 3 nitrogen and oxygen atoms in total. The molecule has 2 rings (SSSR count). The minimum atomic E-state index is 0.862. The van der Waals surface area contributed by atoms with E-state index >= 15 is 0 Å². The number of unbranched alkanes of at least 4 members (excludes halogenated alkanes) is 1. The average molecular weight is 278 g/mol. The van der Waals surface area contributed by atoms with Gasteiger partial charge >= 0.3 is 0 Å². The van der Waals surface area contributed by atoms with E-state index in [0.29, 0.717) is 0 Å². The van der Waals surface area contributed by atoms with E-state index in [4.69, 9.17) is 12.2 Å². The Morgan fingerprint density at radius 2 is 2.11 bits per heavy atom. The second-order valence-corrected chi connectivity index (χ2v) is 5.47. The molecular formula is C15H24N3S+. The van der Waals surface area contributed by atoms with Crippen molar-refractivity contribution in [3.8, 4) is 0 Å². The Bertz CT molecular complexity index is 433. The molecule has 0 aliphatic carbocycles. The number of quaternary nitrogens is 1. The van der Waals surface area contributed by atoms with Gasteiger partial charge in [0.1, 0.15) is 0 Å². The van der Waals surface area contributed by atoms with Crippen LogP contribution in [0.2, 0.25) is 0 Å². The zero-order chi connectivity index (χ0) is 13.7. The van der Waals surface area contributed by atoms with Gasteiger partial charge < -0.3 is 10.2 Å². The van der Waals surface area contributed by atoms with Gasteiger partial charge in [-0.05, 0) is 36.7 Å². The second-order valence-electron chi connectivity index (χ2n) is 5.08.